The van der Waals surface area contributed by atoms with Gasteiger partial charge in [-0.2, -0.15) is 0 Å². The van der Waals surface area contributed by atoms with E-state index in [9.17, 15) is 0 Å². The summed E-state index contributed by atoms with van der Waals surface area (Å²) in [7, 11) is 0. The zero-order valence-electron chi connectivity index (χ0n) is 11.3. The summed E-state index contributed by atoms with van der Waals surface area (Å²) in [6.45, 7) is 5.42. The molecule has 3 N–H and O–H groups in total. The molecule has 0 spiro atoms. The lowest BCUT2D eigenvalue weighted by atomic mass is 9.69. The molecule has 1 fully saturated rings. The maximum atomic E-state index is 6.03. The molecule has 100 valence electrons. The Hall–Kier alpha value is -0.540. The average Bonchev–Trinajstić information content (AvgIpc) is 2.35. The van der Waals surface area contributed by atoms with Gasteiger partial charge >= 0.3 is 0 Å². The highest BCUT2D eigenvalue weighted by molar-refractivity contribution is 9.10. The van der Waals surface area contributed by atoms with Crippen LogP contribution in [0, 0.1) is 5.41 Å². The van der Waals surface area contributed by atoms with E-state index in [4.69, 9.17) is 5.73 Å². The third-order valence-corrected chi connectivity index (χ3v) is 4.73. The molecule has 0 amide bonds. The Labute approximate surface area is 118 Å². The molecule has 1 aliphatic carbocycles. The van der Waals surface area contributed by atoms with Crippen molar-refractivity contribution >= 4 is 21.6 Å². The standard InChI is InChI=1S/C15H23BrN2/c1-14(2)7-9-15(11-17,10-8-14)18-13-5-3-12(16)4-6-13/h3-6,18H,7-11,17H2,1-2H3. The molecule has 3 heteroatoms. The summed E-state index contributed by atoms with van der Waals surface area (Å²) in [5, 5.41) is 3.66. The fourth-order valence-electron chi connectivity index (χ4n) is 2.62. The van der Waals surface area contributed by atoms with Gasteiger partial charge < -0.3 is 11.1 Å². The first-order valence-corrected chi connectivity index (χ1v) is 7.48. The Balaban J connectivity index is 2.07. The second-order valence-electron chi connectivity index (χ2n) is 6.28. The molecule has 2 rings (SSSR count). The quantitative estimate of drug-likeness (QED) is 0.879. The van der Waals surface area contributed by atoms with Crippen LogP contribution >= 0.6 is 15.9 Å². The highest BCUT2D eigenvalue weighted by atomic mass is 79.9. The molecule has 0 saturated heterocycles. The van der Waals surface area contributed by atoms with Crippen LogP contribution in [0.3, 0.4) is 0 Å². The predicted molar refractivity (Wildman–Crippen MR) is 81.8 cm³/mol. The lowest BCUT2D eigenvalue weighted by Gasteiger charge is -2.44. The van der Waals surface area contributed by atoms with Gasteiger partial charge in [0.1, 0.15) is 0 Å². The number of rotatable bonds is 3. The van der Waals surface area contributed by atoms with Crippen LogP contribution in [0.2, 0.25) is 0 Å². The smallest absolute Gasteiger partial charge is 0.0496 e. The summed E-state index contributed by atoms with van der Waals surface area (Å²) in [6, 6.07) is 8.36. The Morgan fingerprint density at radius 1 is 1.11 bits per heavy atom. The summed E-state index contributed by atoms with van der Waals surface area (Å²) in [5.41, 5.74) is 7.76. The van der Waals surface area contributed by atoms with E-state index in [0.29, 0.717) is 12.0 Å². The van der Waals surface area contributed by atoms with Gasteiger partial charge in [-0.25, -0.2) is 0 Å². The zero-order chi connectivity index (χ0) is 13.2. The molecule has 1 aliphatic rings. The second-order valence-corrected chi connectivity index (χ2v) is 7.20. The van der Waals surface area contributed by atoms with Gasteiger partial charge in [0.15, 0.2) is 0 Å². The van der Waals surface area contributed by atoms with Crippen LogP contribution in [0.25, 0.3) is 0 Å². The Bertz CT molecular complexity index is 387. The monoisotopic (exact) mass is 310 g/mol. The molecule has 2 nitrogen and oxygen atoms in total. The highest BCUT2D eigenvalue weighted by Crippen LogP contribution is 2.41. The molecule has 1 saturated carbocycles. The van der Waals surface area contributed by atoms with E-state index in [1.165, 1.54) is 18.5 Å². The first-order chi connectivity index (χ1) is 8.45. The van der Waals surface area contributed by atoms with Crippen molar-refractivity contribution in [1.82, 2.24) is 0 Å². The number of anilines is 1. The predicted octanol–water partition coefficient (Wildman–Crippen LogP) is 4.16. The van der Waals surface area contributed by atoms with Crippen molar-refractivity contribution in [1.29, 1.82) is 0 Å². The molecular weight excluding hydrogens is 288 g/mol. The van der Waals surface area contributed by atoms with Crippen molar-refractivity contribution in [2.45, 2.75) is 45.1 Å². The van der Waals surface area contributed by atoms with Crippen LogP contribution in [-0.4, -0.2) is 12.1 Å². The zero-order valence-corrected chi connectivity index (χ0v) is 12.9. The molecule has 0 bridgehead atoms. The van der Waals surface area contributed by atoms with Crippen molar-refractivity contribution in [3.63, 3.8) is 0 Å². The van der Waals surface area contributed by atoms with Crippen molar-refractivity contribution in [2.75, 3.05) is 11.9 Å². The molecule has 0 aromatic heterocycles. The van der Waals surface area contributed by atoms with Gasteiger partial charge in [0.05, 0.1) is 0 Å². The largest absolute Gasteiger partial charge is 0.378 e. The van der Waals surface area contributed by atoms with E-state index in [2.05, 4.69) is 59.4 Å². The van der Waals surface area contributed by atoms with Crippen molar-refractivity contribution < 1.29 is 0 Å². The first-order valence-electron chi connectivity index (χ1n) is 6.69. The van der Waals surface area contributed by atoms with E-state index in [0.717, 1.165) is 17.3 Å². The van der Waals surface area contributed by atoms with Gasteiger partial charge in [-0.15, -0.1) is 0 Å². The van der Waals surface area contributed by atoms with Gasteiger partial charge in [0, 0.05) is 22.2 Å². The summed E-state index contributed by atoms with van der Waals surface area (Å²) in [4.78, 5) is 0. The summed E-state index contributed by atoms with van der Waals surface area (Å²) < 4.78 is 1.11. The van der Waals surface area contributed by atoms with Gasteiger partial charge in [0.2, 0.25) is 0 Å². The van der Waals surface area contributed by atoms with Gasteiger partial charge in [-0.1, -0.05) is 29.8 Å². The van der Waals surface area contributed by atoms with Crippen molar-refractivity contribution in [3.05, 3.63) is 28.7 Å². The van der Waals surface area contributed by atoms with E-state index >= 15 is 0 Å². The number of nitrogens with two attached hydrogens (primary N) is 1. The fraction of sp³-hybridized carbons (Fsp3) is 0.600. The molecule has 1 aromatic carbocycles. The number of hydrogen-bond donors (Lipinski definition) is 2. The van der Waals surface area contributed by atoms with Gasteiger partial charge in [0.25, 0.3) is 0 Å². The normalized spacial score (nSPS) is 21.6. The molecule has 0 atom stereocenters. The van der Waals surface area contributed by atoms with Crippen molar-refractivity contribution in [3.8, 4) is 0 Å². The van der Waals surface area contributed by atoms with Crippen molar-refractivity contribution in [2.24, 2.45) is 11.1 Å². The summed E-state index contributed by atoms with van der Waals surface area (Å²) in [6.07, 6.45) is 4.81. The average molecular weight is 311 g/mol. The highest BCUT2D eigenvalue weighted by Gasteiger charge is 2.37. The molecule has 18 heavy (non-hydrogen) atoms. The topological polar surface area (TPSA) is 38.0 Å². The van der Waals surface area contributed by atoms with Crippen LogP contribution in [0.4, 0.5) is 5.69 Å². The van der Waals surface area contributed by atoms with Crippen LogP contribution in [-0.2, 0) is 0 Å². The number of benzene rings is 1. The number of nitrogens with one attached hydrogen (secondary N) is 1. The first kappa shape index (κ1) is 13.9. The minimum absolute atomic E-state index is 0.0867. The van der Waals surface area contributed by atoms with Crippen LogP contribution in [0.5, 0.6) is 0 Å². The molecule has 1 aromatic rings. The minimum atomic E-state index is 0.0867. The number of halogens is 1. The molecule has 0 heterocycles. The SMILES string of the molecule is CC1(C)CCC(CN)(Nc2ccc(Br)cc2)CC1. The molecule has 0 unspecified atom stereocenters. The third kappa shape index (κ3) is 3.27. The van der Waals surface area contributed by atoms with Crippen LogP contribution in [0.1, 0.15) is 39.5 Å². The lowest BCUT2D eigenvalue weighted by molar-refractivity contribution is 0.182. The van der Waals surface area contributed by atoms with E-state index in [1.807, 2.05) is 0 Å². The fourth-order valence-corrected chi connectivity index (χ4v) is 2.89. The van der Waals surface area contributed by atoms with Crippen LogP contribution in [0.15, 0.2) is 28.7 Å². The summed E-state index contributed by atoms with van der Waals surface area (Å²) >= 11 is 3.46. The Morgan fingerprint density at radius 3 is 2.17 bits per heavy atom. The van der Waals surface area contributed by atoms with E-state index in [-0.39, 0.29) is 5.54 Å². The van der Waals surface area contributed by atoms with Gasteiger partial charge in [-0.3, -0.25) is 0 Å². The summed E-state index contributed by atoms with van der Waals surface area (Å²) in [5.74, 6) is 0. The maximum Gasteiger partial charge on any atom is 0.0496 e. The Kier molecular flexibility index (Phi) is 4.02. The molecular formula is C15H23BrN2. The number of hydrogen-bond acceptors (Lipinski definition) is 2. The molecule has 0 radical (unpaired) electrons. The molecule has 0 aliphatic heterocycles. The Morgan fingerprint density at radius 2 is 1.67 bits per heavy atom. The second kappa shape index (κ2) is 5.22. The third-order valence-electron chi connectivity index (χ3n) is 4.21. The van der Waals surface area contributed by atoms with Crippen LogP contribution < -0.4 is 11.1 Å². The minimum Gasteiger partial charge on any atom is -0.378 e. The maximum absolute atomic E-state index is 6.03. The van der Waals surface area contributed by atoms with Gasteiger partial charge in [-0.05, 0) is 55.4 Å². The van der Waals surface area contributed by atoms with E-state index in [1.54, 1.807) is 0 Å². The lowest BCUT2D eigenvalue weighted by Crippen LogP contribution is -2.49. The van der Waals surface area contributed by atoms with E-state index < -0.39 is 0 Å².